The Bertz CT molecular complexity index is 582. The SMILES string of the molecule is NCC1CCCCC1NC(=O)CCSc1ccc2c(c1)OCCCO2. The number of rotatable bonds is 6. The molecule has 3 rings (SSSR count). The van der Waals surface area contributed by atoms with Gasteiger partial charge in [-0.2, -0.15) is 0 Å². The van der Waals surface area contributed by atoms with Gasteiger partial charge < -0.3 is 20.5 Å². The highest BCUT2D eigenvalue weighted by Gasteiger charge is 2.25. The molecule has 1 saturated carbocycles. The average molecular weight is 365 g/mol. The van der Waals surface area contributed by atoms with Crippen LogP contribution < -0.4 is 20.5 Å². The zero-order valence-corrected chi connectivity index (χ0v) is 15.5. The maximum atomic E-state index is 12.2. The highest BCUT2D eigenvalue weighted by Crippen LogP contribution is 2.34. The van der Waals surface area contributed by atoms with Gasteiger partial charge in [-0.05, 0) is 43.5 Å². The minimum absolute atomic E-state index is 0.132. The summed E-state index contributed by atoms with van der Waals surface area (Å²) < 4.78 is 11.4. The fourth-order valence-corrected chi connectivity index (χ4v) is 4.33. The van der Waals surface area contributed by atoms with Crippen molar-refractivity contribution in [3.05, 3.63) is 18.2 Å². The lowest BCUT2D eigenvalue weighted by Crippen LogP contribution is -2.44. The highest BCUT2D eigenvalue weighted by atomic mass is 32.2. The number of amides is 1. The lowest BCUT2D eigenvalue weighted by atomic mass is 9.84. The first-order valence-electron chi connectivity index (χ1n) is 9.28. The fraction of sp³-hybridized carbons (Fsp3) is 0.632. The molecule has 2 aliphatic rings. The fourth-order valence-electron chi connectivity index (χ4n) is 3.45. The monoisotopic (exact) mass is 364 g/mol. The number of ether oxygens (including phenoxy) is 2. The summed E-state index contributed by atoms with van der Waals surface area (Å²) in [4.78, 5) is 13.3. The second-order valence-electron chi connectivity index (χ2n) is 6.71. The van der Waals surface area contributed by atoms with Crippen LogP contribution in [0, 0.1) is 5.92 Å². The number of nitrogens with one attached hydrogen (secondary N) is 1. The average Bonchev–Trinajstić information content (AvgIpc) is 2.87. The minimum Gasteiger partial charge on any atom is -0.490 e. The number of thioether (sulfide) groups is 1. The predicted molar refractivity (Wildman–Crippen MR) is 100 cm³/mol. The van der Waals surface area contributed by atoms with Crippen LogP contribution in [0.1, 0.15) is 38.5 Å². The molecule has 1 aromatic carbocycles. The van der Waals surface area contributed by atoms with Crippen molar-refractivity contribution in [2.45, 2.75) is 49.5 Å². The summed E-state index contributed by atoms with van der Waals surface area (Å²) in [6.45, 7) is 2.05. The third-order valence-corrected chi connectivity index (χ3v) is 5.87. The van der Waals surface area contributed by atoms with E-state index >= 15 is 0 Å². The molecule has 138 valence electrons. The Labute approximate surface area is 154 Å². The van der Waals surface area contributed by atoms with Crippen LogP contribution in [0.2, 0.25) is 0 Å². The Morgan fingerprint density at radius 2 is 1.96 bits per heavy atom. The van der Waals surface area contributed by atoms with Crippen molar-refractivity contribution in [1.82, 2.24) is 5.32 Å². The van der Waals surface area contributed by atoms with E-state index < -0.39 is 0 Å². The van der Waals surface area contributed by atoms with E-state index in [-0.39, 0.29) is 11.9 Å². The topological polar surface area (TPSA) is 73.6 Å². The Morgan fingerprint density at radius 3 is 2.80 bits per heavy atom. The molecule has 0 aromatic heterocycles. The molecule has 1 aromatic rings. The number of hydrogen-bond donors (Lipinski definition) is 2. The number of benzene rings is 1. The summed E-state index contributed by atoms with van der Waals surface area (Å²) in [7, 11) is 0. The smallest absolute Gasteiger partial charge is 0.221 e. The number of hydrogen-bond acceptors (Lipinski definition) is 5. The Kier molecular flexibility index (Phi) is 6.87. The van der Waals surface area contributed by atoms with Gasteiger partial charge in [-0.3, -0.25) is 4.79 Å². The van der Waals surface area contributed by atoms with Gasteiger partial charge in [0.2, 0.25) is 5.91 Å². The molecule has 6 heteroatoms. The van der Waals surface area contributed by atoms with Crippen LogP contribution >= 0.6 is 11.8 Å². The van der Waals surface area contributed by atoms with E-state index in [0.717, 1.165) is 41.4 Å². The third-order valence-electron chi connectivity index (χ3n) is 4.88. The molecule has 0 bridgehead atoms. The van der Waals surface area contributed by atoms with Crippen LogP contribution in [-0.4, -0.2) is 37.5 Å². The van der Waals surface area contributed by atoms with E-state index in [9.17, 15) is 4.79 Å². The standard InChI is InChI=1S/C19H28N2O3S/c20-13-14-4-1-2-5-16(14)21-19(22)8-11-25-15-6-7-17-18(12-15)24-10-3-9-23-17/h6-7,12,14,16H,1-5,8-11,13,20H2,(H,21,22). The van der Waals surface area contributed by atoms with Gasteiger partial charge in [-0.15, -0.1) is 11.8 Å². The molecule has 25 heavy (non-hydrogen) atoms. The van der Waals surface area contributed by atoms with Crippen LogP contribution in [0.3, 0.4) is 0 Å². The molecule has 1 heterocycles. The Hall–Kier alpha value is -1.40. The van der Waals surface area contributed by atoms with E-state index in [1.807, 2.05) is 18.2 Å². The molecule has 0 spiro atoms. The van der Waals surface area contributed by atoms with Crippen molar-refractivity contribution in [3.8, 4) is 11.5 Å². The van der Waals surface area contributed by atoms with E-state index in [1.54, 1.807) is 11.8 Å². The summed E-state index contributed by atoms with van der Waals surface area (Å²) in [5.41, 5.74) is 5.83. The molecule has 3 N–H and O–H groups in total. The maximum absolute atomic E-state index is 12.2. The summed E-state index contributed by atoms with van der Waals surface area (Å²) in [6.07, 6.45) is 6.03. The van der Waals surface area contributed by atoms with E-state index in [2.05, 4.69) is 5.32 Å². The molecule has 2 unspecified atom stereocenters. The lowest BCUT2D eigenvalue weighted by molar-refractivity contribution is -0.121. The van der Waals surface area contributed by atoms with Crippen LogP contribution in [0.5, 0.6) is 11.5 Å². The molecule has 5 nitrogen and oxygen atoms in total. The molecule has 1 amide bonds. The van der Waals surface area contributed by atoms with Crippen molar-refractivity contribution >= 4 is 17.7 Å². The third kappa shape index (κ3) is 5.28. The van der Waals surface area contributed by atoms with Gasteiger partial charge in [0.25, 0.3) is 0 Å². The second-order valence-corrected chi connectivity index (χ2v) is 7.88. The second kappa shape index (κ2) is 9.34. The van der Waals surface area contributed by atoms with Gasteiger partial charge in [-0.25, -0.2) is 0 Å². The van der Waals surface area contributed by atoms with Crippen molar-refractivity contribution in [1.29, 1.82) is 0 Å². The van der Waals surface area contributed by atoms with Gasteiger partial charge >= 0.3 is 0 Å². The van der Waals surface area contributed by atoms with Gasteiger partial charge in [0, 0.05) is 29.5 Å². The molecule has 1 fully saturated rings. The van der Waals surface area contributed by atoms with Crippen molar-refractivity contribution in [3.63, 3.8) is 0 Å². The summed E-state index contributed by atoms with van der Waals surface area (Å²) in [5.74, 6) is 2.94. The van der Waals surface area contributed by atoms with Crippen molar-refractivity contribution in [2.75, 3.05) is 25.5 Å². The van der Waals surface area contributed by atoms with Crippen LogP contribution in [-0.2, 0) is 4.79 Å². The van der Waals surface area contributed by atoms with E-state index in [4.69, 9.17) is 15.2 Å². The first-order chi connectivity index (χ1) is 12.3. The molecular formula is C19H28N2O3S. The summed E-state index contributed by atoms with van der Waals surface area (Å²) >= 11 is 1.68. The van der Waals surface area contributed by atoms with Crippen LogP contribution in [0.25, 0.3) is 0 Å². The molecular weight excluding hydrogens is 336 g/mol. The van der Waals surface area contributed by atoms with Crippen molar-refractivity contribution < 1.29 is 14.3 Å². The first-order valence-corrected chi connectivity index (χ1v) is 10.3. The molecule has 0 saturated heterocycles. The minimum atomic E-state index is 0.132. The zero-order chi connectivity index (χ0) is 17.5. The molecule has 1 aliphatic carbocycles. The van der Waals surface area contributed by atoms with Crippen LogP contribution in [0.15, 0.2) is 23.1 Å². The number of fused-ring (bicyclic) bond motifs is 1. The quantitative estimate of drug-likeness (QED) is 0.759. The molecule has 1 aliphatic heterocycles. The number of carbonyl (C=O) groups is 1. The first kappa shape index (κ1) is 18.4. The van der Waals surface area contributed by atoms with Gasteiger partial charge in [-0.1, -0.05) is 12.8 Å². The Balaban J connectivity index is 1.44. The van der Waals surface area contributed by atoms with Gasteiger partial charge in [0.05, 0.1) is 13.2 Å². The van der Waals surface area contributed by atoms with Gasteiger partial charge in [0.15, 0.2) is 11.5 Å². The Morgan fingerprint density at radius 1 is 1.16 bits per heavy atom. The summed E-state index contributed by atoms with van der Waals surface area (Å²) in [6, 6.07) is 6.25. The highest BCUT2D eigenvalue weighted by molar-refractivity contribution is 7.99. The summed E-state index contributed by atoms with van der Waals surface area (Å²) in [5, 5.41) is 3.19. The predicted octanol–water partition coefficient (Wildman–Crippen LogP) is 2.96. The number of carbonyl (C=O) groups excluding carboxylic acids is 1. The van der Waals surface area contributed by atoms with E-state index in [0.29, 0.717) is 32.1 Å². The maximum Gasteiger partial charge on any atom is 0.221 e. The number of nitrogens with two attached hydrogens (primary N) is 1. The molecule has 2 atom stereocenters. The largest absolute Gasteiger partial charge is 0.490 e. The van der Waals surface area contributed by atoms with E-state index in [1.165, 1.54) is 12.8 Å². The normalized spacial score (nSPS) is 22.9. The van der Waals surface area contributed by atoms with Gasteiger partial charge in [0.1, 0.15) is 0 Å². The lowest BCUT2D eigenvalue weighted by Gasteiger charge is -2.31. The zero-order valence-electron chi connectivity index (χ0n) is 14.7. The van der Waals surface area contributed by atoms with Crippen molar-refractivity contribution in [2.24, 2.45) is 11.7 Å². The molecule has 0 radical (unpaired) electrons. The van der Waals surface area contributed by atoms with Crippen LogP contribution in [0.4, 0.5) is 0 Å².